The predicted molar refractivity (Wildman–Crippen MR) is 154 cm³/mol. The third kappa shape index (κ3) is 6.28. The van der Waals surface area contributed by atoms with Gasteiger partial charge in [0.25, 0.3) is 20.0 Å². The molecule has 0 fully saturated rings. The molecule has 1 aliphatic rings. The first-order chi connectivity index (χ1) is 19.7. The van der Waals surface area contributed by atoms with Crippen LogP contribution in [0.15, 0.2) is 64.2 Å². The Morgan fingerprint density at radius 2 is 1.83 bits per heavy atom. The van der Waals surface area contributed by atoms with Gasteiger partial charge in [-0.25, -0.2) is 41.5 Å². The molecule has 2 aromatic heterocycles. The fourth-order valence-electron chi connectivity index (χ4n) is 5.48. The molecule has 2 unspecified atom stereocenters. The zero-order chi connectivity index (χ0) is 30.9. The van der Waals surface area contributed by atoms with Gasteiger partial charge >= 0.3 is 5.97 Å². The molecule has 0 radical (unpaired) electrons. The number of hydrogen-bond donors (Lipinski definition) is 3. The number of ether oxygens (including phenoxy) is 1. The molecule has 4 N–H and O–H groups in total. The zero-order valence-corrected chi connectivity index (χ0v) is 25.6. The smallest absolute Gasteiger partial charge is 0.338 e. The van der Waals surface area contributed by atoms with Crippen LogP contribution in [0.2, 0.25) is 0 Å². The third-order valence-electron chi connectivity index (χ3n) is 7.36. The first kappa shape index (κ1) is 31.4. The van der Waals surface area contributed by atoms with Gasteiger partial charge in [-0.15, -0.1) is 0 Å². The summed E-state index contributed by atoms with van der Waals surface area (Å²) in [5.41, 5.74) is -0.450. The predicted octanol–water partition coefficient (Wildman–Crippen LogP) is 2.63. The third-order valence-corrected chi connectivity index (χ3v) is 9.54. The fraction of sp³-hybridized carbons (Fsp3) is 0.444. The average Bonchev–Trinajstić information content (AvgIpc) is 3.50. The summed E-state index contributed by atoms with van der Waals surface area (Å²) in [5.74, 6) is -1.63. The number of cyclic esters (lactones) is 1. The highest BCUT2D eigenvalue weighted by atomic mass is 32.2. The number of nitrogens with zero attached hydrogens (tertiary/aromatic N) is 4. The van der Waals surface area contributed by atoms with E-state index in [1.807, 2.05) is 13.0 Å². The number of aryl methyl sites for hydroxylation is 1. The van der Waals surface area contributed by atoms with E-state index < -0.39 is 42.6 Å². The molecule has 0 saturated carbocycles. The lowest BCUT2D eigenvalue weighted by Crippen LogP contribution is -2.44. The SMILES string of the molecule is CCCC1(CCNS(=O)(=O)c2cn(C)cn2)CC(O)=C(C(CC)c2c(S(N)(=O)=O)nc(-c3ccccc3)n2C)C(=O)O1. The largest absolute Gasteiger partial charge is 0.512 e. The maximum Gasteiger partial charge on any atom is 0.338 e. The minimum atomic E-state index is -4.31. The molecule has 1 aliphatic heterocycles. The van der Waals surface area contributed by atoms with E-state index in [-0.39, 0.29) is 47.9 Å². The molecule has 3 heterocycles. The second kappa shape index (κ2) is 12.0. The number of hydrogen-bond acceptors (Lipinski definition) is 9. The molecule has 228 valence electrons. The number of carbonyl (C=O) groups excluding carboxylic acids is 1. The Morgan fingerprint density at radius 1 is 1.14 bits per heavy atom. The number of aromatic nitrogens is 4. The van der Waals surface area contributed by atoms with Gasteiger partial charge in [0.1, 0.15) is 17.2 Å². The topological polar surface area (TPSA) is 188 Å². The van der Waals surface area contributed by atoms with Crippen LogP contribution in [-0.2, 0) is 43.7 Å². The van der Waals surface area contributed by atoms with E-state index in [0.717, 1.165) is 0 Å². The van der Waals surface area contributed by atoms with Crippen molar-refractivity contribution >= 4 is 26.0 Å². The molecule has 1 aromatic carbocycles. The Balaban J connectivity index is 1.68. The number of aliphatic hydroxyl groups excluding tert-OH is 1. The number of nitrogens with two attached hydrogens (primary N) is 1. The van der Waals surface area contributed by atoms with Gasteiger partial charge in [0, 0.05) is 51.2 Å². The molecule has 13 nitrogen and oxygen atoms in total. The molecule has 0 bridgehead atoms. The first-order valence-electron chi connectivity index (χ1n) is 13.5. The van der Waals surface area contributed by atoms with Crippen molar-refractivity contribution in [3.05, 3.63) is 59.9 Å². The molecule has 2 atom stereocenters. The van der Waals surface area contributed by atoms with Crippen LogP contribution >= 0.6 is 0 Å². The molecule has 15 heteroatoms. The lowest BCUT2D eigenvalue weighted by atomic mass is 9.82. The molecule has 4 rings (SSSR count). The zero-order valence-electron chi connectivity index (χ0n) is 23.9. The minimum Gasteiger partial charge on any atom is -0.512 e. The minimum absolute atomic E-state index is 0.0657. The number of imidazole rings is 2. The van der Waals surface area contributed by atoms with Crippen molar-refractivity contribution in [1.82, 2.24) is 23.8 Å². The summed E-state index contributed by atoms with van der Waals surface area (Å²) in [5, 5.41) is 16.4. The van der Waals surface area contributed by atoms with Crippen LogP contribution in [0.3, 0.4) is 0 Å². The molecule has 0 saturated heterocycles. The second-order valence-electron chi connectivity index (χ2n) is 10.4. The summed E-state index contributed by atoms with van der Waals surface area (Å²) >= 11 is 0. The van der Waals surface area contributed by atoms with Crippen molar-refractivity contribution in [2.45, 2.75) is 67.5 Å². The van der Waals surface area contributed by atoms with Gasteiger partial charge in [-0.1, -0.05) is 50.6 Å². The monoisotopic (exact) mass is 620 g/mol. The van der Waals surface area contributed by atoms with Gasteiger partial charge in [0.2, 0.25) is 0 Å². The van der Waals surface area contributed by atoms with Gasteiger partial charge in [0.05, 0.1) is 17.6 Å². The number of rotatable bonds is 12. The summed E-state index contributed by atoms with van der Waals surface area (Å²) in [4.78, 5) is 21.8. The Labute approximate surface area is 245 Å². The van der Waals surface area contributed by atoms with Crippen LogP contribution in [0.5, 0.6) is 0 Å². The quantitative estimate of drug-likeness (QED) is 0.256. The summed E-state index contributed by atoms with van der Waals surface area (Å²) in [6.45, 7) is 3.57. The van der Waals surface area contributed by atoms with E-state index in [1.165, 1.54) is 17.1 Å². The number of primary sulfonamides is 1. The van der Waals surface area contributed by atoms with E-state index in [0.29, 0.717) is 24.2 Å². The van der Waals surface area contributed by atoms with Crippen LogP contribution < -0.4 is 9.86 Å². The van der Waals surface area contributed by atoms with Gasteiger partial charge in [0.15, 0.2) is 10.1 Å². The van der Waals surface area contributed by atoms with Gasteiger partial charge < -0.3 is 19.0 Å². The fourth-order valence-corrected chi connectivity index (χ4v) is 7.28. The second-order valence-corrected chi connectivity index (χ2v) is 13.6. The number of esters is 1. The molecule has 0 amide bonds. The lowest BCUT2D eigenvalue weighted by molar-refractivity contribution is -0.161. The van der Waals surface area contributed by atoms with Crippen LogP contribution in [0.4, 0.5) is 0 Å². The standard InChI is InChI=1S/C27H36N6O7S2/c1-5-12-27(13-14-30-42(38,39)21-16-32(3)17-29-21)15-20(34)22(26(35)40-27)19(6-2)23-25(41(28,36)37)31-24(33(23)4)18-10-8-7-9-11-18/h7-11,16-17,19,30,34H,5-6,12-15H2,1-4H3,(H2,28,36,37). The molecule has 0 aliphatic carbocycles. The Bertz CT molecular complexity index is 1710. The van der Waals surface area contributed by atoms with Crippen LogP contribution in [0.25, 0.3) is 11.4 Å². The van der Waals surface area contributed by atoms with E-state index in [4.69, 9.17) is 9.88 Å². The van der Waals surface area contributed by atoms with Crippen LogP contribution in [0.1, 0.15) is 57.6 Å². The van der Waals surface area contributed by atoms with Gasteiger partial charge in [-0.3, -0.25) is 0 Å². The Kier molecular flexibility index (Phi) is 8.97. The van der Waals surface area contributed by atoms with Crippen LogP contribution in [-0.4, -0.2) is 59.2 Å². The first-order valence-corrected chi connectivity index (χ1v) is 16.5. The summed E-state index contributed by atoms with van der Waals surface area (Å²) in [6, 6.07) is 8.93. The van der Waals surface area contributed by atoms with Crippen molar-refractivity contribution in [3.8, 4) is 11.4 Å². The number of sulfonamides is 2. The van der Waals surface area contributed by atoms with Gasteiger partial charge in [-0.05, 0) is 12.8 Å². The highest BCUT2D eigenvalue weighted by molar-refractivity contribution is 7.89. The highest BCUT2D eigenvalue weighted by Crippen LogP contribution is 2.43. The lowest BCUT2D eigenvalue weighted by Gasteiger charge is -2.38. The number of aliphatic hydroxyl groups is 1. The number of benzene rings is 1. The number of carbonyl (C=O) groups is 1. The van der Waals surface area contributed by atoms with Crippen LogP contribution in [0, 0.1) is 0 Å². The van der Waals surface area contributed by atoms with E-state index in [9.17, 15) is 26.7 Å². The van der Waals surface area contributed by atoms with Crippen molar-refractivity contribution in [3.63, 3.8) is 0 Å². The van der Waals surface area contributed by atoms with Crippen molar-refractivity contribution in [2.75, 3.05) is 6.54 Å². The van der Waals surface area contributed by atoms with Crippen molar-refractivity contribution in [2.24, 2.45) is 19.2 Å². The maximum atomic E-state index is 13.6. The van der Waals surface area contributed by atoms with E-state index in [2.05, 4.69) is 14.7 Å². The van der Waals surface area contributed by atoms with Gasteiger partial charge in [-0.2, -0.15) is 0 Å². The number of nitrogens with one attached hydrogen (secondary N) is 1. The molecular formula is C27H36N6O7S2. The molecule has 42 heavy (non-hydrogen) atoms. The molecule has 0 spiro atoms. The Morgan fingerprint density at radius 3 is 2.38 bits per heavy atom. The Hall–Kier alpha value is -3.53. The summed E-state index contributed by atoms with van der Waals surface area (Å²) < 4.78 is 62.1. The molecular weight excluding hydrogens is 584 g/mol. The van der Waals surface area contributed by atoms with Crippen molar-refractivity contribution < 1.29 is 31.5 Å². The summed E-state index contributed by atoms with van der Waals surface area (Å²) in [7, 11) is -4.92. The normalized spacial score (nSPS) is 18.7. The summed E-state index contributed by atoms with van der Waals surface area (Å²) in [6.07, 6.45) is 3.96. The van der Waals surface area contributed by atoms with E-state index in [1.54, 1.807) is 49.9 Å². The highest BCUT2D eigenvalue weighted by Gasteiger charge is 2.45. The maximum absolute atomic E-state index is 13.6. The molecule has 3 aromatic rings. The van der Waals surface area contributed by atoms with E-state index >= 15 is 0 Å². The van der Waals surface area contributed by atoms with Crippen molar-refractivity contribution in [1.29, 1.82) is 0 Å². The average molecular weight is 621 g/mol.